The van der Waals surface area contributed by atoms with Crippen molar-refractivity contribution in [2.75, 3.05) is 26.7 Å². The summed E-state index contributed by atoms with van der Waals surface area (Å²) < 4.78 is 5.62. The van der Waals surface area contributed by atoms with E-state index in [9.17, 15) is 4.79 Å². The molecule has 1 saturated heterocycles. The predicted molar refractivity (Wildman–Crippen MR) is 51.8 cm³/mol. The summed E-state index contributed by atoms with van der Waals surface area (Å²) in [6, 6.07) is 0. The number of carbonyl (C=O) groups is 1. The van der Waals surface area contributed by atoms with Crippen molar-refractivity contribution in [3.8, 4) is 0 Å². The van der Waals surface area contributed by atoms with Gasteiger partial charge in [-0.2, -0.15) is 0 Å². The van der Waals surface area contributed by atoms with Gasteiger partial charge < -0.3 is 14.4 Å². The third-order valence-electron chi connectivity index (χ3n) is 2.64. The molecule has 76 valence electrons. The highest BCUT2D eigenvalue weighted by Gasteiger charge is 2.33. The van der Waals surface area contributed by atoms with Gasteiger partial charge in [-0.3, -0.25) is 0 Å². The van der Waals surface area contributed by atoms with Crippen LogP contribution < -0.4 is 0 Å². The Labute approximate surface area is 80.1 Å². The Kier molecular flexibility index (Phi) is 3.88. The summed E-state index contributed by atoms with van der Waals surface area (Å²) in [6.07, 6.45) is 3.65. The first kappa shape index (κ1) is 10.7. The van der Waals surface area contributed by atoms with E-state index in [1.807, 2.05) is 0 Å². The van der Waals surface area contributed by atoms with Crippen molar-refractivity contribution < 1.29 is 9.53 Å². The lowest BCUT2D eigenvalue weighted by molar-refractivity contribution is -0.138. The third-order valence-corrected chi connectivity index (χ3v) is 2.64. The summed E-state index contributed by atoms with van der Waals surface area (Å²) in [6.45, 7) is 4.68. The van der Waals surface area contributed by atoms with E-state index in [2.05, 4.69) is 18.9 Å². The van der Waals surface area contributed by atoms with Crippen molar-refractivity contribution in [1.82, 2.24) is 4.90 Å². The van der Waals surface area contributed by atoms with E-state index in [1.165, 1.54) is 0 Å². The highest BCUT2D eigenvalue weighted by Crippen LogP contribution is 2.23. The minimum Gasteiger partial charge on any atom is -0.367 e. The predicted octanol–water partition coefficient (Wildman–Crippen LogP) is 1.08. The van der Waals surface area contributed by atoms with Crippen LogP contribution in [0.5, 0.6) is 0 Å². The Balaban J connectivity index is 2.45. The van der Waals surface area contributed by atoms with Crippen LogP contribution in [0.25, 0.3) is 0 Å². The van der Waals surface area contributed by atoms with Gasteiger partial charge in [0.2, 0.25) is 0 Å². The quantitative estimate of drug-likeness (QED) is 0.614. The molecule has 0 spiro atoms. The van der Waals surface area contributed by atoms with Gasteiger partial charge in [-0.15, -0.1) is 0 Å². The van der Waals surface area contributed by atoms with Crippen LogP contribution in [-0.4, -0.2) is 43.5 Å². The summed E-state index contributed by atoms with van der Waals surface area (Å²) in [4.78, 5) is 13.2. The van der Waals surface area contributed by atoms with Gasteiger partial charge in [-0.25, -0.2) is 0 Å². The van der Waals surface area contributed by atoms with Crippen molar-refractivity contribution in [2.24, 2.45) is 0 Å². The number of piperidine rings is 1. The van der Waals surface area contributed by atoms with E-state index >= 15 is 0 Å². The molecular formula is C10H19NO2. The van der Waals surface area contributed by atoms with Crippen LogP contribution in [0.3, 0.4) is 0 Å². The lowest BCUT2D eigenvalue weighted by Gasteiger charge is -2.36. The second kappa shape index (κ2) is 4.72. The first-order valence-electron chi connectivity index (χ1n) is 5.01. The van der Waals surface area contributed by atoms with E-state index < -0.39 is 5.60 Å². The molecule has 0 bridgehead atoms. The molecule has 0 unspecified atom stereocenters. The molecule has 1 heterocycles. The number of nitrogens with zero attached hydrogens (tertiary/aromatic N) is 1. The minimum absolute atomic E-state index is 0.470. The van der Waals surface area contributed by atoms with E-state index in [1.54, 1.807) is 0 Å². The van der Waals surface area contributed by atoms with Gasteiger partial charge in [0.05, 0.1) is 0 Å². The molecule has 0 N–H and O–H groups in total. The van der Waals surface area contributed by atoms with Crippen LogP contribution >= 0.6 is 0 Å². The van der Waals surface area contributed by atoms with Crippen LogP contribution in [-0.2, 0) is 9.53 Å². The van der Waals surface area contributed by atoms with Crippen molar-refractivity contribution in [1.29, 1.82) is 0 Å². The first-order valence-corrected chi connectivity index (χ1v) is 5.01. The molecule has 3 nitrogen and oxygen atoms in total. The number of hydrogen-bond acceptors (Lipinski definition) is 3. The fourth-order valence-corrected chi connectivity index (χ4v) is 1.60. The highest BCUT2D eigenvalue weighted by atomic mass is 16.5. The SMILES string of the molecule is CCCOC1(C=O)CCN(C)CC1. The van der Waals surface area contributed by atoms with Crippen molar-refractivity contribution in [2.45, 2.75) is 31.8 Å². The Morgan fingerprint density at radius 2 is 2.08 bits per heavy atom. The molecule has 1 fully saturated rings. The summed E-state index contributed by atoms with van der Waals surface area (Å²) in [7, 11) is 2.08. The molecule has 1 aliphatic heterocycles. The van der Waals surface area contributed by atoms with Crippen LogP contribution in [0.4, 0.5) is 0 Å². The van der Waals surface area contributed by atoms with E-state index in [0.29, 0.717) is 6.61 Å². The molecule has 0 aromatic rings. The van der Waals surface area contributed by atoms with Gasteiger partial charge in [0, 0.05) is 19.7 Å². The largest absolute Gasteiger partial charge is 0.367 e. The second-order valence-corrected chi connectivity index (χ2v) is 3.83. The molecule has 0 aromatic carbocycles. The van der Waals surface area contributed by atoms with Crippen LogP contribution in [0.2, 0.25) is 0 Å². The lowest BCUT2D eigenvalue weighted by atomic mass is 9.93. The number of hydrogen-bond donors (Lipinski definition) is 0. The number of carbonyl (C=O) groups excluding carboxylic acids is 1. The topological polar surface area (TPSA) is 29.5 Å². The number of rotatable bonds is 4. The molecule has 0 amide bonds. The fraction of sp³-hybridized carbons (Fsp3) is 0.900. The molecule has 0 aliphatic carbocycles. The maximum Gasteiger partial charge on any atom is 0.151 e. The number of likely N-dealkylation sites (tertiary alicyclic amines) is 1. The summed E-state index contributed by atoms with van der Waals surface area (Å²) in [5.41, 5.74) is -0.470. The molecule has 3 heteroatoms. The zero-order valence-corrected chi connectivity index (χ0v) is 8.58. The maximum atomic E-state index is 11.0. The average molecular weight is 185 g/mol. The zero-order chi connectivity index (χ0) is 9.73. The molecule has 13 heavy (non-hydrogen) atoms. The van der Waals surface area contributed by atoms with Crippen LogP contribution in [0, 0.1) is 0 Å². The molecule has 0 aromatic heterocycles. The van der Waals surface area contributed by atoms with Crippen molar-refractivity contribution in [3.05, 3.63) is 0 Å². The standard InChI is InChI=1S/C10H19NO2/c1-3-8-13-10(9-12)4-6-11(2)7-5-10/h9H,3-8H2,1-2H3. The van der Waals surface area contributed by atoms with Crippen molar-refractivity contribution >= 4 is 6.29 Å². The summed E-state index contributed by atoms with van der Waals surface area (Å²) in [5.74, 6) is 0. The highest BCUT2D eigenvalue weighted by molar-refractivity contribution is 5.62. The molecule has 0 radical (unpaired) electrons. The third kappa shape index (κ3) is 2.78. The van der Waals surface area contributed by atoms with E-state index in [-0.39, 0.29) is 0 Å². The van der Waals surface area contributed by atoms with Gasteiger partial charge in [0.15, 0.2) is 6.29 Å². The number of aldehydes is 1. The molecule has 1 aliphatic rings. The Morgan fingerprint density at radius 1 is 1.46 bits per heavy atom. The normalized spacial score (nSPS) is 22.9. The Morgan fingerprint density at radius 3 is 2.54 bits per heavy atom. The Hall–Kier alpha value is -0.410. The molecular weight excluding hydrogens is 166 g/mol. The smallest absolute Gasteiger partial charge is 0.151 e. The van der Waals surface area contributed by atoms with Gasteiger partial charge in [-0.05, 0) is 26.3 Å². The van der Waals surface area contributed by atoms with Crippen molar-refractivity contribution in [3.63, 3.8) is 0 Å². The molecule has 1 rings (SSSR count). The second-order valence-electron chi connectivity index (χ2n) is 3.83. The van der Waals surface area contributed by atoms with Gasteiger partial charge in [-0.1, -0.05) is 6.92 Å². The number of ether oxygens (including phenoxy) is 1. The summed E-state index contributed by atoms with van der Waals surface area (Å²) >= 11 is 0. The van der Waals surface area contributed by atoms with E-state index in [4.69, 9.17) is 4.74 Å². The van der Waals surface area contributed by atoms with Gasteiger partial charge in [0.1, 0.15) is 5.60 Å². The van der Waals surface area contributed by atoms with Gasteiger partial charge in [0.25, 0.3) is 0 Å². The average Bonchev–Trinajstić information content (AvgIpc) is 2.18. The first-order chi connectivity index (χ1) is 6.22. The van der Waals surface area contributed by atoms with Gasteiger partial charge >= 0.3 is 0 Å². The Bertz CT molecular complexity index is 157. The zero-order valence-electron chi connectivity index (χ0n) is 8.58. The maximum absolute atomic E-state index is 11.0. The monoisotopic (exact) mass is 185 g/mol. The van der Waals surface area contributed by atoms with Crippen LogP contribution in [0.1, 0.15) is 26.2 Å². The lowest BCUT2D eigenvalue weighted by Crippen LogP contribution is -2.46. The molecule has 0 atom stereocenters. The van der Waals surface area contributed by atoms with Crippen LogP contribution in [0.15, 0.2) is 0 Å². The summed E-state index contributed by atoms with van der Waals surface area (Å²) in [5, 5.41) is 0. The fourth-order valence-electron chi connectivity index (χ4n) is 1.60. The molecule has 0 saturated carbocycles. The minimum atomic E-state index is -0.470. The van der Waals surface area contributed by atoms with E-state index in [0.717, 1.165) is 38.6 Å².